The molecule has 0 aromatic heterocycles. The zero-order valence-corrected chi connectivity index (χ0v) is 16.4. The molecule has 1 heterocycles. The van der Waals surface area contributed by atoms with Crippen molar-refractivity contribution in [3.05, 3.63) is 65.2 Å². The highest BCUT2D eigenvalue weighted by molar-refractivity contribution is 6.02. The average Bonchev–Trinajstić information content (AvgIpc) is 2.66. The van der Waals surface area contributed by atoms with Crippen molar-refractivity contribution < 1.29 is 9.59 Å². The Kier molecular flexibility index (Phi) is 5.49. The number of carbonyl (C=O) groups is 2. The quantitative estimate of drug-likeness (QED) is 0.885. The maximum absolute atomic E-state index is 12.9. The lowest BCUT2D eigenvalue weighted by molar-refractivity contribution is -0.119. The second-order valence-electron chi connectivity index (χ2n) is 7.45. The fraction of sp³-hybridized carbons (Fsp3) is 0.364. The third-order valence-corrected chi connectivity index (χ3v) is 4.94. The average molecular weight is 365 g/mol. The summed E-state index contributed by atoms with van der Waals surface area (Å²) in [6.07, 6.45) is 0.697. The minimum atomic E-state index is -0.321. The minimum Gasteiger partial charge on any atom is -0.358 e. The molecule has 1 aliphatic rings. The number of anilines is 1. The molecule has 5 heteroatoms. The molecule has 2 aromatic carbocycles. The van der Waals surface area contributed by atoms with E-state index in [0.29, 0.717) is 11.5 Å². The number of amides is 2. The van der Waals surface area contributed by atoms with Crippen molar-refractivity contribution in [1.82, 2.24) is 10.2 Å². The molecular weight excluding hydrogens is 338 g/mol. The van der Waals surface area contributed by atoms with Crippen molar-refractivity contribution in [3.8, 4) is 0 Å². The summed E-state index contributed by atoms with van der Waals surface area (Å²) in [5, 5.41) is 2.69. The molecule has 0 fully saturated rings. The van der Waals surface area contributed by atoms with E-state index in [1.54, 1.807) is 19.0 Å². The number of likely N-dealkylation sites (N-methyl/N-ethyl adjacent to an activating group) is 1. The summed E-state index contributed by atoms with van der Waals surface area (Å²) in [5.41, 5.74) is 3.69. The highest BCUT2D eigenvalue weighted by Crippen LogP contribution is 2.37. The maximum atomic E-state index is 12.9. The number of hydrogen-bond donors (Lipinski definition) is 1. The van der Waals surface area contributed by atoms with E-state index in [9.17, 15) is 9.59 Å². The highest BCUT2D eigenvalue weighted by Gasteiger charge is 2.36. The van der Waals surface area contributed by atoms with Gasteiger partial charge in [-0.25, -0.2) is 0 Å². The van der Waals surface area contributed by atoms with Crippen LogP contribution in [0.2, 0.25) is 0 Å². The Morgan fingerprint density at radius 3 is 2.41 bits per heavy atom. The molecule has 27 heavy (non-hydrogen) atoms. The molecule has 1 unspecified atom stereocenters. The molecular formula is C22H27N3O2. The summed E-state index contributed by atoms with van der Waals surface area (Å²) in [4.78, 5) is 28.8. The molecule has 0 radical (unpaired) electrons. The first kappa shape index (κ1) is 19.0. The van der Waals surface area contributed by atoms with Crippen LogP contribution in [0.3, 0.4) is 0 Å². The van der Waals surface area contributed by atoms with Gasteiger partial charge in [0.05, 0.1) is 17.8 Å². The largest absolute Gasteiger partial charge is 0.358 e. The molecule has 142 valence electrons. The zero-order chi connectivity index (χ0) is 19.6. The lowest BCUT2D eigenvalue weighted by atomic mass is 9.98. The summed E-state index contributed by atoms with van der Waals surface area (Å²) in [6, 6.07) is 15.8. The van der Waals surface area contributed by atoms with Gasteiger partial charge in [0.15, 0.2) is 0 Å². The Morgan fingerprint density at radius 1 is 1.11 bits per heavy atom. The van der Waals surface area contributed by atoms with Crippen LogP contribution in [0, 0.1) is 5.92 Å². The van der Waals surface area contributed by atoms with Gasteiger partial charge in [0.1, 0.15) is 6.17 Å². The summed E-state index contributed by atoms with van der Waals surface area (Å²) in [5.74, 6) is 0.468. The molecule has 0 aliphatic carbocycles. The molecule has 1 N–H and O–H groups in total. The van der Waals surface area contributed by atoms with E-state index >= 15 is 0 Å². The number of carbonyl (C=O) groups excluding carboxylic acids is 2. The van der Waals surface area contributed by atoms with E-state index in [1.165, 1.54) is 5.56 Å². The summed E-state index contributed by atoms with van der Waals surface area (Å²) in [6.45, 7) is 4.58. The second-order valence-corrected chi connectivity index (χ2v) is 7.45. The van der Waals surface area contributed by atoms with E-state index in [-0.39, 0.29) is 24.5 Å². The van der Waals surface area contributed by atoms with E-state index in [2.05, 4.69) is 43.4 Å². The number of nitrogens with one attached hydrogen (secondary N) is 1. The Labute approximate surface area is 161 Å². The predicted octanol–water partition coefficient (Wildman–Crippen LogP) is 3.22. The molecule has 0 saturated heterocycles. The Morgan fingerprint density at radius 2 is 1.78 bits per heavy atom. The van der Waals surface area contributed by atoms with Crippen LogP contribution in [0.5, 0.6) is 0 Å². The third-order valence-electron chi connectivity index (χ3n) is 4.94. The van der Waals surface area contributed by atoms with Gasteiger partial charge in [-0.2, -0.15) is 0 Å². The molecule has 2 amide bonds. The number of nitrogens with zero attached hydrogens (tertiary/aromatic N) is 2. The van der Waals surface area contributed by atoms with Gasteiger partial charge < -0.3 is 15.1 Å². The molecule has 5 nitrogen and oxygen atoms in total. The first-order chi connectivity index (χ1) is 12.9. The van der Waals surface area contributed by atoms with E-state index in [0.717, 1.165) is 17.7 Å². The van der Waals surface area contributed by atoms with Gasteiger partial charge in [-0.3, -0.25) is 9.59 Å². The van der Waals surface area contributed by atoms with Crippen molar-refractivity contribution in [2.45, 2.75) is 26.4 Å². The van der Waals surface area contributed by atoms with Crippen molar-refractivity contribution in [3.63, 3.8) is 0 Å². The molecule has 0 saturated carbocycles. The Hall–Kier alpha value is -2.82. The van der Waals surface area contributed by atoms with E-state index < -0.39 is 0 Å². The van der Waals surface area contributed by atoms with Gasteiger partial charge >= 0.3 is 0 Å². The molecule has 0 bridgehead atoms. The number of fused-ring (bicyclic) bond motifs is 1. The topological polar surface area (TPSA) is 52.7 Å². The zero-order valence-electron chi connectivity index (χ0n) is 16.4. The Balaban J connectivity index is 2.02. The lowest BCUT2D eigenvalue weighted by Gasteiger charge is -2.44. The van der Waals surface area contributed by atoms with Crippen molar-refractivity contribution in [1.29, 1.82) is 0 Å². The standard InChI is InChI=1S/C22H27N3O2/c1-15(2)13-16-9-11-17(12-10-16)21-24(4)22(27)18-7-5-6-8-19(18)25(21)14-20(26)23-3/h5-12,15,21H,13-14H2,1-4H3,(H,23,26). The number of para-hydroxylation sites is 1. The van der Waals surface area contributed by atoms with Gasteiger partial charge in [-0.1, -0.05) is 50.2 Å². The minimum absolute atomic E-state index is 0.0324. The monoisotopic (exact) mass is 365 g/mol. The molecule has 0 spiro atoms. The first-order valence-corrected chi connectivity index (χ1v) is 9.34. The highest BCUT2D eigenvalue weighted by atomic mass is 16.2. The Bertz CT molecular complexity index is 830. The molecule has 3 rings (SSSR count). The van der Waals surface area contributed by atoms with Crippen LogP contribution in [0.15, 0.2) is 48.5 Å². The summed E-state index contributed by atoms with van der Waals surface area (Å²) < 4.78 is 0. The first-order valence-electron chi connectivity index (χ1n) is 9.34. The fourth-order valence-corrected chi connectivity index (χ4v) is 3.65. The van der Waals surface area contributed by atoms with Crippen molar-refractivity contribution in [2.24, 2.45) is 5.92 Å². The van der Waals surface area contributed by atoms with Gasteiger partial charge in [0.25, 0.3) is 5.91 Å². The second kappa shape index (κ2) is 7.82. The van der Waals surface area contributed by atoms with Crippen LogP contribution in [0.4, 0.5) is 5.69 Å². The SMILES string of the molecule is CNC(=O)CN1c2ccccc2C(=O)N(C)C1c1ccc(CC(C)C)cc1. The smallest absolute Gasteiger partial charge is 0.257 e. The fourth-order valence-electron chi connectivity index (χ4n) is 3.65. The molecule has 2 aromatic rings. The number of benzene rings is 2. The van der Waals surface area contributed by atoms with Crippen LogP contribution >= 0.6 is 0 Å². The van der Waals surface area contributed by atoms with Crippen LogP contribution in [-0.4, -0.2) is 37.4 Å². The van der Waals surface area contributed by atoms with E-state index in [4.69, 9.17) is 0 Å². The van der Waals surface area contributed by atoms with Crippen molar-refractivity contribution in [2.75, 3.05) is 25.5 Å². The van der Waals surface area contributed by atoms with E-state index in [1.807, 2.05) is 29.2 Å². The third kappa shape index (κ3) is 3.82. The summed E-state index contributed by atoms with van der Waals surface area (Å²) >= 11 is 0. The van der Waals surface area contributed by atoms with Crippen LogP contribution in [0.25, 0.3) is 0 Å². The van der Waals surface area contributed by atoms with Gasteiger partial charge in [-0.15, -0.1) is 0 Å². The number of hydrogen-bond acceptors (Lipinski definition) is 3. The lowest BCUT2D eigenvalue weighted by Crippen LogP contribution is -2.50. The van der Waals surface area contributed by atoms with Crippen LogP contribution < -0.4 is 10.2 Å². The van der Waals surface area contributed by atoms with Crippen LogP contribution in [-0.2, 0) is 11.2 Å². The number of rotatable bonds is 5. The van der Waals surface area contributed by atoms with Gasteiger partial charge in [0, 0.05) is 14.1 Å². The predicted molar refractivity (Wildman–Crippen MR) is 108 cm³/mol. The van der Waals surface area contributed by atoms with Gasteiger partial charge in [0.2, 0.25) is 5.91 Å². The van der Waals surface area contributed by atoms with Crippen molar-refractivity contribution >= 4 is 17.5 Å². The maximum Gasteiger partial charge on any atom is 0.257 e. The van der Waals surface area contributed by atoms with Crippen LogP contribution in [0.1, 0.15) is 41.5 Å². The normalized spacial score (nSPS) is 16.5. The molecule has 1 atom stereocenters. The molecule has 1 aliphatic heterocycles. The summed E-state index contributed by atoms with van der Waals surface area (Å²) in [7, 11) is 3.42. The van der Waals surface area contributed by atoms with Gasteiger partial charge in [-0.05, 0) is 35.6 Å².